The molecule has 0 aromatic heterocycles. The summed E-state index contributed by atoms with van der Waals surface area (Å²) in [5.74, 6) is 0.551. The monoisotopic (exact) mass is 382 g/mol. The number of methoxy groups -OCH3 is 1. The summed E-state index contributed by atoms with van der Waals surface area (Å²) in [6.45, 7) is 4.76. The minimum absolute atomic E-state index is 0.176. The number of benzene rings is 2. The lowest BCUT2D eigenvalue weighted by Crippen LogP contribution is -2.35. The van der Waals surface area contributed by atoms with Crippen LogP contribution in [0.5, 0.6) is 5.75 Å². The Labute approximate surface area is 165 Å². The van der Waals surface area contributed by atoms with Gasteiger partial charge in [-0.3, -0.25) is 9.59 Å². The molecule has 0 spiro atoms. The predicted molar refractivity (Wildman–Crippen MR) is 109 cm³/mol. The summed E-state index contributed by atoms with van der Waals surface area (Å²) in [7, 11) is 1.55. The van der Waals surface area contributed by atoms with Gasteiger partial charge in [0.25, 0.3) is 11.8 Å². The van der Waals surface area contributed by atoms with Crippen molar-refractivity contribution in [2.75, 3.05) is 24.4 Å². The fourth-order valence-corrected chi connectivity index (χ4v) is 3.49. The van der Waals surface area contributed by atoms with Gasteiger partial charge in [0.05, 0.1) is 24.0 Å². The second-order valence-electron chi connectivity index (χ2n) is 7.18. The van der Waals surface area contributed by atoms with Crippen LogP contribution in [0.1, 0.15) is 30.6 Å². The summed E-state index contributed by atoms with van der Waals surface area (Å²) in [6.07, 6.45) is 0.372. The molecule has 0 aliphatic carbocycles. The maximum absolute atomic E-state index is 12.8. The van der Waals surface area contributed by atoms with Crippen molar-refractivity contribution in [1.82, 2.24) is 0 Å². The molecule has 6 heteroatoms. The van der Waals surface area contributed by atoms with Crippen molar-refractivity contribution in [2.24, 2.45) is 11.8 Å². The Morgan fingerprint density at radius 3 is 2.43 bits per heavy atom. The Morgan fingerprint density at radius 2 is 1.71 bits per heavy atom. The van der Waals surface area contributed by atoms with Crippen LogP contribution in [0.15, 0.2) is 48.5 Å². The average molecular weight is 382 g/mol. The molecule has 6 nitrogen and oxygen atoms in total. The van der Waals surface area contributed by atoms with E-state index in [4.69, 9.17) is 9.47 Å². The highest BCUT2D eigenvalue weighted by molar-refractivity contribution is 6.11. The highest BCUT2D eigenvalue weighted by atomic mass is 16.5. The molecule has 1 fully saturated rings. The van der Waals surface area contributed by atoms with Crippen LogP contribution in [0.3, 0.4) is 0 Å². The SMILES string of the molecule is COc1ccccc1NC(=O)c1ccccc1NC(=O)[C@@H]1OCC[C@@H]1C(C)C. The summed E-state index contributed by atoms with van der Waals surface area (Å²) in [4.78, 5) is 25.6. The second kappa shape index (κ2) is 8.89. The molecule has 2 aromatic rings. The zero-order valence-electron chi connectivity index (χ0n) is 16.4. The third kappa shape index (κ3) is 4.34. The number of amides is 2. The molecule has 0 bridgehead atoms. The maximum atomic E-state index is 12.8. The van der Waals surface area contributed by atoms with Gasteiger partial charge in [-0.15, -0.1) is 0 Å². The van der Waals surface area contributed by atoms with Gasteiger partial charge in [0.15, 0.2) is 0 Å². The zero-order chi connectivity index (χ0) is 20.1. The molecule has 1 aliphatic heterocycles. The fraction of sp³-hybridized carbons (Fsp3) is 0.364. The number of carbonyl (C=O) groups is 2. The standard InChI is InChI=1S/C22H26N2O4/c1-14(2)15-12-13-28-20(15)22(26)23-17-9-5-4-8-16(17)21(25)24-18-10-6-7-11-19(18)27-3/h4-11,14-15,20H,12-13H2,1-3H3,(H,23,26)(H,24,25)/t15-,20-/m1/s1. The minimum atomic E-state index is -0.495. The van der Waals surface area contributed by atoms with Gasteiger partial charge in [0.2, 0.25) is 0 Å². The van der Waals surface area contributed by atoms with E-state index in [2.05, 4.69) is 24.5 Å². The van der Waals surface area contributed by atoms with Crippen LogP contribution in [-0.2, 0) is 9.53 Å². The molecule has 2 N–H and O–H groups in total. The summed E-state index contributed by atoms with van der Waals surface area (Å²) in [5.41, 5.74) is 1.40. The lowest BCUT2D eigenvalue weighted by molar-refractivity contribution is -0.126. The normalized spacial score (nSPS) is 18.7. The summed E-state index contributed by atoms with van der Waals surface area (Å²) in [5, 5.41) is 5.72. The number of carbonyl (C=O) groups excluding carboxylic acids is 2. The van der Waals surface area contributed by atoms with Gasteiger partial charge in [-0.05, 0) is 42.5 Å². The van der Waals surface area contributed by atoms with E-state index in [1.165, 1.54) is 0 Å². The Kier molecular flexibility index (Phi) is 6.31. The smallest absolute Gasteiger partial charge is 0.257 e. The van der Waals surface area contributed by atoms with Gasteiger partial charge in [0, 0.05) is 6.61 Å². The van der Waals surface area contributed by atoms with E-state index >= 15 is 0 Å². The molecule has 148 valence electrons. The molecule has 0 saturated carbocycles. The van der Waals surface area contributed by atoms with E-state index in [9.17, 15) is 9.59 Å². The van der Waals surface area contributed by atoms with Gasteiger partial charge in [-0.25, -0.2) is 0 Å². The Balaban J connectivity index is 1.77. The lowest BCUT2D eigenvalue weighted by Gasteiger charge is -2.21. The molecule has 1 heterocycles. The van der Waals surface area contributed by atoms with Gasteiger partial charge in [-0.1, -0.05) is 38.1 Å². The van der Waals surface area contributed by atoms with Crippen molar-refractivity contribution in [1.29, 1.82) is 0 Å². The quantitative estimate of drug-likeness (QED) is 0.793. The number of nitrogens with one attached hydrogen (secondary N) is 2. The average Bonchev–Trinajstić information content (AvgIpc) is 3.19. The first-order chi connectivity index (χ1) is 13.5. The second-order valence-corrected chi connectivity index (χ2v) is 7.18. The van der Waals surface area contributed by atoms with Gasteiger partial charge in [0.1, 0.15) is 11.9 Å². The van der Waals surface area contributed by atoms with Crippen molar-refractivity contribution in [3.63, 3.8) is 0 Å². The third-order valence-electron chi connectivity index (χ3n) is 5.04. The first-order valence-electron chi connectivity index (χ1n) is 9.47. The van der Waals surface area contributed by atoms with Crippen LogP contribution in [-0.4, -0.2) is 31.6 Å². The fourth-order valence-electron chi connectivity index (χ4n) is 3.49. The van der Waals surface area contributed by atoms with E-state index in [-0.39, 0.29) is 17.7 Å². The molecule has 0 radical (unpaired) electrons. The molecule has 0 unspecified atom stereocenters. The Hall–Kier alpha value is -2.86. The molecule has 2 amide bonds. The molecule has 1 saturated heterocycles. The molecule has 3 rings (SSSR count). The number of hydrogen-bond acceptors (Lipinski definition) is 4. The zero-order valence-corrected chi connectivity index (χ0v) is 16.4. The molecule has 28 heavy (non-hydrogen) atoms. The van der Waals surface area contributed by atoms with Crippen molar-refractivity contribution in [2.45, 2.75) is 26.4 Å². The van der Waals surface area contributed by atoms with E-state index in [1.54, 1.807) is 43.5 Å². The van der Waals surface area contributed by atoms with Gasteiger partial charge >= 0.3 is 0 Å². The number of rotatable bonds is 6. The molecular formula is C22H26N2O4. The van der Waals surface area contributed by atoms with Crippen molar-refractivity contribution < 1.29 is 19.1 Å². The van der Waals surface area contributed by atoms with Gasteiger partial charge < -0.3 is 20.1 Å². The van der Waals surface area contributed by atoms with E-state index in [1.807, 2.05) is 12.1 Å². The van der Waals surface area contributed by atoms with Crippen molar-refractivity contribution in [3.05, 3.63) is 54.1 Å². The molecule has 2 aromatic carbocycles. The Bertz CT molecular complexity index is 850. The summed E-state index contributed by atoms with van der Waals surface area (Å²) < 4.78 is 10.9. The third-order valence-corrected chi connectivity index (χ3v) is 5.04. The van der Waals surface area contributed by atoms with Gasteiger partial charge in [-0.2, -0.15) is 0 Å². The van der Waals surface area contributed by atoms with Crippen LogP contribution in [0, 0.1) is 11.8 Å². The molecular weight excluding hydrogens is 356 g/mol. The first kappa shape index (κ1) is 19.9. The van der Waals surface area contributed by atoms with Crippen LogP contribution >= 0.6 is 0 Å². The van der Waals surface area contributed by atoms with E-state index in [0.717, 1.165) is 6.42 Å². The predicted octanol–water partition coefficient (Wildman–Crippen LogP) is 3.95. The maximum Gasteiger partial charge on any atom is 0.257 e. The van der Waals surface area contributed by atoms with E-state index < -0.39 is 6.10 Å². The highest BCUT2D eigenvalue weighted by Gasteiger charge is 2.36. The molecule has 1 aliphatic rings. The minimum Gasteiger partial charge on any atom is -0.495 e. The topological polar surface area (TPSA) is 76.7 Å². The first-order valence-corrected chi connectivity index (χ1v) is 9.47. The number of anilines is 2. The summed E-state index contributed by atoms with van der Waals surface area (Å²) in [6, 6.07) is 14.1. The molecule has 2 atom stereocenters. The van der Waals surface area contributed by atoms with Crippen LogP contribution in [0.25, 0.3) is 0 Å². The largest absolute Gasteiger partial charge is 0.495 e. The van der Waals surface area contributed by atoms with Crippen LogP contribution < -0.4 is 15.4 Å². The van der Waals surface area contributed by atoms with Crippen LogP contribution in [0.4, 0.5) is 11.4 Å². The number of hydrogen-bond donors (Lipinski definition) is 2. The van der Waals surface area contributed by atoms with E-state index in [0.29, 0.717) is 35.2 Å². The summed E-state index contributed by atoms with van der Waals surface area (Å²) >= 11 is 0. The van der Waals surface area contributed by atoms with Crippen molar-refractivity contribution >= 4 is 23.2 Å². The Morgan fingerprint density at radius 1 is 1.04 bits per heavy atom. The number of ether oxygens (including phenoxy) is 2. The van der Waals surface area contributed by atoms with Crippen LogP contribution in [0.2, 0.25) is 0 Å². The lowest BCUT2D eigenvalue weighted by atomic mass is 9.89. The van der Waals surface area contributed by atoms with Crippen molar-refractivity contribution in [3.8, 4) is 5.75 Å². The highest BCUT2D eigenvalue weighted by Crippen LogP contribution is 2.30. The number of para-hydroxylation sites is 3.